The lowest BCUT2D eigenvalue weighted by atomic mass is 10.1. The maximum atomic E-state index is 12.0. The Hall–Kier alpha value is -2.24. The van der Waals surface area contributed by atoms with Gasteiger partial charge in [0.25, 0.3) is 0 Å². The van der Waals surface area contributed by atoms with Crippen LogP contribution in [-0.4, -0.2) is 48.7 Å². The highest BCUT2D eigenvalue weighted by atomic mass is 16.6. The van der Waals surface area contributed by atoms with Gasteiger partial charge in [-0.2, -0.15) is 0 Å². The Morgan fingerprint density at radius 1 is 1.09 bits per heavy atom. The van der Waals surface area contributed by atoms with Crippen LogP contribution in [0.4, 0.5) is 10.5 Å². The molecule has 0 bridgehead atoms. The first-order chi connectivity index (χ1) is 10.3. The van der Waals surface area contributed by atoms with Crippen LogP contribution in [0.25, 0.3) is 0 Å². The average Bonchev–Trinajstić information content (AvgIpc) is 2.45. The summed E-state index contributed by atoms with van der Waals surface area (Å²) in [6, 6.07) is 6.76. The number of hydrogen-bond donors (Lipinski definition) is 0. The molecule has 22 heavy (non-hydrogen) atoms. The lowest BCUT2D eigenvalue weighted by molar-refractivity contribution is -0.254. The second-order valence-electron chi connectivity index (χ2n) is 6.26. The van der Waals surface area contributed by atoms with E-state index in [1.807, 2.05) is 25.7 Å². The highest BCUT2D eigenvalue weighted by Gasteiger charge is 2.26. The number of benzene rings is 1. The minimum absolute atomic E-state index is 0.174. The van der Waals surface area contributed by atoms with Crippen LogP contribution in [0.2, 0.25) is 0 Å². The summed E-state index contributed by atoms with van der Waals surface area (Å²) in [5, 5.41) is 11.2. The quantitative estimate of drug-likeness (QED) is 0.818. The first-order valence-corrected chi connectivity index (χ1v) is 7.31. The third-order valence-corrected chi connectivity index (χ3v) is 3.40. The predicted molar refractivity (Wildman–Crippen MR) is 80.8 cm³/mol. The van der Waals surface area contributed by atoms with Gasteiger partial charge in [-0.1, -0.05) is 18.2 Å². The molecule has 0 N–H and O–H groups in total. The molecule has 1 fully saturated rings. The van der Waals surface area contributed by atoms with Gasteiger partial charge in [-0.25, -0.2) is 4.79 Å². The molecule has 0 spiro atoms. The minimum atomic E-state index is -1.19. The summed E-state index contributed by atoms with van der Waals surface area (Å²) in [5.41, 5.74) is 0.287. The van der Waals surface area contributed by atoms with Gasteiger partial charge in [-0.3, -0.25) is 0 Å². The van der Waals surface area contributed by atoms with Gasteiger partial charge in [0.05, 0.1) is 5.97 Å². The topological polar surface area (TPSA) is 72.9 Å². The molecule has 0 saturated carbocycles. The zero-order valence-electron chi connectivity index (χ0n) is 13.2. The predicted octanol–water partition coefficient (Wildman–Crippen LogP) is 1.11. The van der Waals surface area contributed by atoms with Crippen molar-refractivity contribution in [3.8, 4) is 0 Å². The largest absolute Gasteiger partial charge is 0.545 e. The van der Waals surface area contributed by atoms with Crippen molar-refractivity contribution >= 4 is 17.7 Å². The number of aromatic carboxylic acids is 1. The Labute approximate surface area is 130 Å². The molecule has 0 atom stereocenters. The normalized spacial score (nSPS) is 15.6. The van der Waals surface area contributed by atoms with Crippen LogP contribution < -0.4 is 10.0 Å². The lowest BCUT2D eigenvalue weighted by Gasteiger charge is -2.37. The van der Waals surface area contributed by atoms with E-state index < -0.39 is 11.6 Å². The summed E-state index contributed by atoms with van der Waals surface area (Å²) in [4.78, 5) is 26.8. The van der Waals surface area contributed by atoms with E-state index in [1.165, 1.54) is 6.07 Å². The Balaban J connectivity index is 2.01. The molecular formula is C16H21N2O4-. The van der Waals surface area contributed by atoms with Crippen molar-refractivity contribution in [2.24, 2.45) is 0 Å². The summed E-state index contributed by atoms with van der Waals surface area (Å²) in [6.45, 7) is 7.60. The smallest absolute Gasteiger partial charge is 0.410 e. The summed E-state index contributed by atoms with van der Waals surface area (Å²) in [6.07, 6.45) is -0.333. The number of nitrogens with zero attached hydrogens (tertiary/aromatic N) is 2. The van der Waals surface area contributed by atoms with Crippen molar-refractivity contribution in [2.75, 3.05) is 31.1 Å². The molecule has 1 heterocycles. The molecule has 1 aromatic rings. The third kappa shape index (κ3) is 3.90. The summed E-state index contributed by atoms with van der Waals surface area (Å²) in [7, 11) is 0. The molecule has 0 aliphatic carbocycles. The number of carboxylic acid groups (broad SMARTS) is 1. The molecule has 1 saturated heterocycles. The monoisotopic (exact) mass is 305 g/mol. The van der Waals surface area contributed by atoms with Gasteiger partial charge in [0.15, 0.2) is 0 Å². The van der Waals surface area contributed by atoms with E-state index in [2.05, 4.69) is 0 Å². The molecule has 1 aromatic carbocycles. The molecule has 0 aromatic heterocycles. The van der Waals surface area contributed by atoms with Crippen LogP contribution in [0.15, 0.2) is 24.3 Å². The maximum Gasteiger partial charge on any atom is 0.410 e. The fourth-order valence-corrected chi connectivity index (χ4v) is 2.38. The molecule has 2 rings (SSSR count). The number of rotatable bonds is 2. The molecule has 1 aliphatic heterocycles. The average molecular weight is 305 g/mol. The van der Waals surface area contributed by atoms with Crippen molar-refractivity contribution in [1.82, 2.24) is 4.90 Å². The first-order valence-electron chi connectivity index (χ1n) is 7.31. The zero-order valence-corrected chi connectivity index (χ0v) is 13.2. The number of hydrogen-bond acceptors (Lipinski definition) is 5. The molecule has 6 heteroatoms. The van der Waals surface area contributed by atoms with Gasteiger partial charge in [0.2, 0.25) is 0 Å². The van der Waals surface area contributed by atoms with Crippen LogP contribution >= 0.6 is 0 Å². The zero-order chi connectivity index (χ0) is 16.3. The third-order valence-electron chi connectivity index (χ3n) is 3.40. The molecule has 1 aliphatic rings. The summed E-state index contributed by atoms with van der Waals surface area (Å²) < 4.78 is 5.34. The minimum Gasteiger partial charge on any atom is -0.545 e. The van der Waals surface area contributed by atoms with Crippen molar-refractivity contribution in [3.05, 3.63) is 29.8 Å². The second kappa shape index (κ2) is 6.25. The highest BCUT2D eigenvalue weighted by molar-refractivity contribution is 5.93. The van der Waals surface area contributed by atoms with Crippen molar-refractivity contribution in [2.45, 2.75) is 26.4 Å². The van der Waals surface area contributed by atoms with E-state index in [0.29, 0.717) is 31.9 Å². The Kier molecular flexibility index (Phi) is 4.59. The molecular weight excluding hydrogens is 284 g/mol. The number of amides is 1. The second-order valence-corrected chi connectivity index (χ2v) is 6.26. The van der Waals surface area contributed by atoms with Crippen molar-refractivity contribution < 1.29 is 19.4 Å². The van der Waals surface area contributed by atoms with Gasteiger partial charge in [0.1, 0.15) is 5.60 Å². The Bertz CT molecular complexity index is 558. The summed E-state index contributed by atoms with van der Waals surface area (Å²) in [5.74, 6) is -1.19. The summed E-state index contributed by atoms with van der Waals surface area (Å²) >= 11 is 0. The van der Waals surface area contributed by atoms with Gasteiger partial charge in [0, 0.05) is 37.4 Å². The van der Waals surface area contributed by atoms with Crippen molar-refractivity contribution in [3.63, 3.8) is 0 Å². The fraction of sp³-hybridized carbons (Fsp3) is 0.500. The van der Waals surface area contributed by atoms with Crippen LogP contribution in [-0.2, 0) is 4.74 Å². The van der Waals surface area contributed by atoms with E-state index in [-0.39, 0.29) is 11.7 Å². The maximum absolute atomic E-state index is 12.0. The number of carbonyl (C=O) groups is 2. The van der Waals surface area contributed by atoms with Crippen LogP contribution in [0, 0.1) is 0 Å². The van der Waals surface area contributed by atoms with Crippen LogP contribution in [0.5, 0.6) is 0 Å². The van der Waals surface area contributed by atoms with E-state index in [9.17, 15) is 14.7 Å². The highest BCUT2D eigenvalue weighted by Crippen LogP contribution is 2.22. The van der Waals surface area contributed by atoms with E-state index in [0.717, 1.165) is 0 Å². The SMILES string of the molecule is CC(C)(C)OC(=O)N1CCN(c2ccccc2C(=O)[O-])CC1. The van der Waals surface area contributed by atoms with E-state index in [1.54, 1.807) is 23.1 Å². The molecule has 6 nitrogen and oxygen atoms in total. The number of anilines is 1. The molecule has 1 amide bonds. The van der Waals surface area contributed by atoms with Gasteiger partial charge in [-0.15, -0.1) is 0 Å². The van der Waals surface area contributed by atoms with Crippen LogP contribution in [0.3, 0.4) is 0 Å². The standard InChI is InChI=1S/C16H22N2O4/c1-16(2,3)22-15(21)18-10-8-17(9-11-18)13-7-5-4-6-12(13)14(19)20/h4-7H,8-11H2,1-3H3,(H,19,20)/p-1. The van der Waals surface area contributed by atoms with Gasteiger partial charge >= 0.3 is 6.09 Å². The van der Waals surface area contributed by atoms with Gasteiger partial charge in [-0.05, 0) is 26.8 Å². The number of carbonyl (C=O) groups excluding carboxylic acids is 2. The fourth-order valence-electron chi connectivity index (χ4n) is 2.38. The number of carboxylic acids is 1. The Morgan fingerprint density at radius 3 is 2.23 bits per heavy atom. The van der Waals surface area contributed by atoms with Crippen molar-refractivity contribution in [1.29, 1.82) is 0 Å². The molecule has 120 valence electrons. The van der Waals surface area contributed by atoms with E-state index >= 15 is 0 Å². The van der Waals surface area contributed by atoms with Crippen LogP contribution in [0.1, 0.15) is 31.1 Å². The first kappa shape index (κ1) is 16.1. The van der Waals surface area contributed by atoms with E-state index in [4.69, 9.17) is 4.74 Å². The lowest BCUT2D eigenvalue weighted by Crippen LogP contribution is -2.50. The number of para-hydroxylation sites is 1. The van der Waals surface area contributed by atoms with Gasteiger partial charge < -0.3 is 24.4 Å². The Morgan fingerprint density at radius 2 is 1.68 bits per heavy atom. The number of piperazine rings is 1. The number of ether oxygens (including phenoxy) is 1. The molecule has 0 radical (unpaired) electrons. The molecule has 0 unspecified atom stereocenters.